The van der Waals surface area contributed by atoms with Gasteiger partial charge >= 0.3 is 0 Å². The summed E-state index contributed by atoms with van der Waals surface area (Å²) in [5.41, 5.74) is 2.91. The van der Waals surface area contributed by atoms with Crippen LogP contribution in [0.15, 0.2) is 36.4 Å². The second-order valence-electron chi connectivity index (χ2n) is 6.24. The lowest BCUT2D eigenvalue weighted by Crippen LogP contribution is -2.18. The van der Waals surface area contributed by atoms with Gasteiger partial charge in [0.15, 0.2) is 0 Å². The number of rotatable bonds is 2. The Bertz CT molecular complexity index is 594. The Morgan fingerprint density at radius 2 is 1.63 bits per heavy atom. The largest absolute Gasteiger partial charge is 0.117 e. The van der Waals surface area contributed by atoms with Crippen molar-refractivity contribution >= 4 is 22.4 Å². The minimum atomic E-state index is 0.125. The zero-order valence-corrected chi connectivity index (χ0v) is 12.5. The predicted molar refractivity (Wildman–Crippen MR) is 83.9 cm³/mol. The summed E-state index contributed by atoms with van der Waals surface area (Å²) in [6.07, 6.45) is 5.15. The second-order valence-corrected chi connectivity index (χ2v) is 6.68. The van der Waals surface area contributed by atoms with Crippen LogP contribution in [0, 0.1) is 12.3 Å². The molecule has 1 aliphatic carbocycles. The van der Waals surface area contributed by atoms with Gasteiger partial charge in [-0.3, -0.25) is 0 Å². The van der Waals surface area contributed by atoms with Crippen molar-refractivity contribution in [1.82, 2.24) is 0 Å². The molecule has 0 aliphatic heterocycles. The summed E-state index contributed by atoms with van der Waals surface area (Å²) in [6.45, 7) is 4.53. The van der Waals surface area contributed by atoms with Crippen molar-refractivity contribution in [3.05, 3.63) is 47.5 Å². The van der Waals surface area contributed by atoms with Crippen LogP contribution in [-0.2, 0) is 0 Å². The summed E-state index contributed by atoms with van der Waals surface area (Å²) in [7, 11) is 0. The number of hydrogen-bond donors (Lipinski definition) is 0. The van der Waals surface area contributed by atoms with Gasteiger partial charge in [-0.1, -0.05) is 56.2 Å². The van der Waals surface area contributed by atoms with Gasteiger partial charge < -0.3 is 0 Å². The van der Waals surface area contributed by atoms with Crippen LogP contribution in [0.3, 0.4) is 0 Å². The first-order chi connectivity index (χ1) is 9.12. The fraction of sp³-hybridized carbons (Fsp3) is 0.444. The molecule has 1 fully saturated rings. The number of halogens is 1. The van der Waals surface area contributed by atoms with Crippen LogP contribution in [0.5, 0.6) is 0 Å². The molecule has 0 saturated heterocycles. The van der Waals surface area contributed by atoms with Crippen LogP contribution in [0.4, 0.5) is 0 Å². The molecule has 100 valence electrons. The number of benzene rings is 2. The third kappa shape index (κ3) is 2.17. The number of aryl methyl sites for hydroxylation is 1. The summed E-state index contributed by atoms with van der Waals surface area (Å²) >= 11 is 6.89. The Labute approximate surface area is 120 Å². The van der Waals surface area contributed by atoms with E-state index < -0.39 is 0 Å². The van der Waals surface area contributed by atoms with E-state index in [4.69, 9.17) is 11.6 Å². The summed E-state index contributed by atoms with van der Waals surface area (Å²) in [4.78, 5) is 0. The highest BCUT2D eigenvalue weighted by Crippen LogP contribution is 2.51. The lowest BCUT2D eigenvalue weighted by molar-refractivity contribution is 0.323. The van der Waals surface area contributed by atoms with Crippen molar-refractivity contribution < 1.29 is 0 Å². The molecule has 0 aromatic heterocycles. The Morgan fingerprint density at radius 3 is 2.32 bits per heavy atom. The van der Waals surface area contributed by atoms with Gasteiger partial charge in [-0.15, -0.1) is 11.6 Å². The van der Waals surface area contributed by atoms with Gasteiger partial charge in [-0.05, 0) is 47.1 Å². The Balaban J connectivity index is 2.12. The maximum Gasteiger partial charge on any atom is 0.0644 e. The number of fused-ring (bicyclic) bond motifs is 1. The molecule has 1 aliphatic rings. The first-order valence-corrected chi connectivity index (χ1v) is 7.68. The molecule has 0 N–H and O–H groups in total. The molecule has 0 bridgehead atoms. The Hall–Kier alpha value is -1.01. The molecule has 0 nitrogen and oxygen atoms in total. The summed E-state index contributed by atoms with van der Waals surface area (Å²) < 4.78 is 0. The van der Waals surface area contributed by atoms with E-state index in [1.165, 1.54) is 47.6 Å². The molecule has 0 radical (unpaired) electrons. The molecule has 0 amide bonds. The van der Waals surface area contributed by atoms with Crippen LogP contribution in [0.1, 0.15) is 49.1 Å². The lowest BCUT2D eigenvalue weighted by atomic mass is 9.80. The van der Waals surface area contributed by atoms with E-state index in [1.54, 1.807) is 0 Å². The SMILES string of the molecule is Cc1ccc(C(Cl)C2(C)CCCC2)c2ccccc12. The molecular weight excluding hydrogens is 252 g/mol. The van der Waals surface area contributed by atoms with Gasteiger partial charge in [0, 0.05) is 0 Å². The molecule has 1 atom stereocenters. The highest BCUT2D eigenvalue weighted by atomic mass is 35.5. The monoisotopic (exact) mass is 272 g/mol. The Morgan fingerprint density at radius 1 is 1.00 bits per heavy atom. The van der Waals surface area contributed by atoms with E-state index in [1.807, 2.05) is 0 Å². The highest BCUT2D eigenvalue weighted by molar-refractivity contribution is 6.22. The minimum absolute atomic E-state index is 0.125. The quantitative estimate of drug-likeness (QED) is 0.588. The maximum absolute atomic E-state index is 6.89. The van der Waals surface area contributed by atoms with Gasteiger partial charge in [-0.2, -0.15) is 0 Å². The zero-order chi connectivity index (χ0) is 13.5. The molecule has 1 saturated carbocycles. The van der Waals surface area contributed by atoms with Crippen molar-refractivity contribution in [2.75, 3.05) is 0 Å². The van der Waals surface area contributed by atoms with Crippen molar-refractivity contribution in [2.24, 2.45) is 5.41 Å². The molecule has 2 aromatic carbocycles. The van der Waals surface area contributed by atoms with Crippen molar-refractivity contribution in [3.8, 4) is 0 Å². The first kappa shape index (κ1) is 13.0. The zero-order valence-electron chi connectivity index (χ0n) is 11.7. The minimum Gasteiger partial charge on any atom is -0.117 e. The van der Waals surface area contributed by atoms with E-state index >= 15 is 0 Å². The van der Waals surface area contributed by atoms with Crippen molar-refractivity contribution in [1.29, 1.82) is 0 Å². The number of alkyl halides is 1. The molecule has 1 heteroatoms. The van der Waals surface area contributed by atoms with E-state index in [2.05, 4.69) is 50.2 Å². The van der Waals surface area contributed by atoms with Gasteiger partial charge in [-0.25, -0.2) is 0 Å². The van der Waals surface area contributed by atoms with Crippen LogP contribution in [0.2, 0.25) is 0 Å². The predicted octanol–water partition coefficient (Wildman–Crippen LogP) is 6.01. The molecule has 0 heterocycles. The molecule has 19 heavy (non-hydrogen) atoms. The smallest absolute Gasteiger partial charge is 0.0644 e. The highest BCUT2D eigenvalue weighted by Gasteiger charge is 2.37. The van der Waals surface area contributed by atoms with Gasteiger partial charge in [0.05, 0.1) is 5.38 Å². The molecule has 0 spiro atoms. The molecule has 3 rings (SSSR count). The molecular formula is C18H21Cl. The Kier molecular flexibility index (Phi) is 3.30. The van der Waals surface area contributed by atoms with Crippen molar-refractivity contribution in [3.63, 3.8) is 0 Å². The number of hydrogen-bond acceptors (Lipinski definition) is 0. The fourth-order valence-corrected chi connectivity index (χ4v) is 3.91. The first-order valence-electron chi connectivity index (χ1n) is 7.24. The molecule has 1 unspecified atom stereocenters. The van der Waals surface area contributed by atoms with Crippen molar-refractivity contribution in [2.45, 2.75) is 44.9 Å². The van der Waals surface area contributed by atoms with E-state index in [-0.39, 0.29) is 10.8 Å². The van der Waals surface area contributed by atoms with Crippen LogP contribution in [-0.4, -0.2) is 0 Å². The van der Waals surface area contributed by atoms with E-state index in [0.717, 1.165) is 0 Å². The average molecular weight is 273 g/mol. The summed E-state index contributed by atoms with van der Waals surface area (Å²) in [6, 6.07) is 13.1. The van der Waals surface area contributed by atoms with E-state index in [0.29, 0.717) is 0 Å². The topological polar surface area (TPSA) is 0 Å². The van der Waals surface area contributed by atoms with Gasteiger partial charge in [0.25, 0.3) is 0 Å². The molecule has 2 aromatic rings. The summed E-state index contributed by atoms with van der Waals surface area (Å²) in [5, 5.41) is 2.79. The van der Waals surface area contributed by atoms with Crippen LogP contribution in [0.25, 0.3) is 10.8 Å². The fourth-order valence-electron chi connectivity index (χ4n) is 3.51. The van der Waals surface area contributed by atoms with Crippen LogP contribution < -0.4 is 0 Å². The standard InChI is InChI=1S/C18H21Cl/c1-13-9-10-16(15-8-4-3-7-14(13)15)17(19)18(2)11-5-6-12-18/h3-4,7-10,17H,5-6,11-12H2,1-2H3. The maximum atomic E-state index is 6.89. The third-order valence-corrected chi connectivity index (χ3v) is 5.57. The average Bonchev–Trinajstić information content (AvgIpc) is 2.87. The normalized spacial score (nSPS) is 19.7. The third-order valence-electron chi connectivity index (χ3n) is 4.81. The van der Waals surface area contributed by atoms with Crippen LogP contribution >= 0.6 is 11.6 Å². The lowest BCUT2D eigenvalue weighted by Gasteiger charge is -2.30. The van der Waals surface area contributed by atoms with Gasteiger partial charge in [0.1, 0.15) is 0 Å². The summed E-state index contributed by atoms with van der Waals surface area (Å²) in [5.74, 6) is 0. The van der Waals surface area contributed by atoms with Gasteiger partial charge in [0.2, 0.25) is 0 Å². The second kappa shape index (κ2) is 4.83. The van der Waals surface area contributed by atoms with E-state index in [9.17, 15) is 0 Å².